The van der Waals surface area contributed by atoms with Crippen LogP contribution in [0.4, 0.5) is 0 Å². The first-order valence-electron chi connectivity index (χ1n) is 9.86. The van der Waals surface area contributed by atoms with Crippen LogP contribution in [-0.4, -0.2) is 29.2 Å². The monoisotopic (exact) mass is 428 g/mol. The van der Waals surface area contributed by atoms with Gasteiger partial charge in [-0.25, -0.2) is 9.67 Å². The molecule has 5 aromatic rings. The van der Waals surface area contributed by atoms with Gasteiger partial charge in [-0.1, -0.05) is 12.1 Å². The SMILES string of the molecule is C[C@H](N)c1cccc(-c2cc(-c3ccsn3)c3cnn(-c4cccc(CO)n4)c3c2)n1. The molecule has 31 heavy (non-hydrogen) atoms. The number of fused-ring (bicyclic) bond motifs is 1. The zero-order valence-corrected chi connectivity index (χ0v) is 17.6. The summed E-state index contributed by atoms with van der Waals surface area (Å²) in [5.41, 5.74) is 12.0. The van der Waals surface area contributed by atoms with Crippen molar-refractivity contribution in [3.05, 3.63) is 77.6 Å². The molecule has 1 atom stereocenters. The number of aromatic nitrogens is 5. The minimum Gasteiger partial charge on any atom is -0.390 e. The van der Waals surface area contributed by atoms with Crippen LogP contribution >= 0.6 is 11.5 Å². The molecule has 4 aromatic heterocycles. The van der Waals surface area contributed by atoms with Gasteiger partial charge in [0.25, 0.3) is 0 Å². The van der Waals surface area contributed by atoms with Gasteiger partial charge in [0, 0.05) is 27.9 Å². The number of nitrogens with two attached hydrogens (primary N) is 1. The van der Waals surface area contributed by atoms with E-state index >= 15 is 0 Å². The molecule has 0 saturated carbocycles. The summed E-state index contributed by atoms with van der Waals surface area (Å²) in [6.07, 6.45) is 1.83. The average molecular weight is 429 g/mol. The van der Waals surface area contributed by atoms with Crippen molar-refractivity contribution in [3.63, 3.8) is 0 Å². The van der Waals surface area contributed by atoms with E-state index in [1.54, 1.807) is 10.7 Å². The third-order valence-electron chi connectivity index (χ3n) is 5.11. The smallest absolute Gasteiger partial charge is 0.154 e. The molecule has 8 heteroatoms. The van der Waals surface area contributed by atoms with Gasteiger partial charge in [0.2, 0.25) is 0 Å². The lowest BCUT2D eigenvalue weighted by atomic mass is 10.0. The molecule has 0 aliphatic rings. The van der Waals surface area contributed by atoms with E-state index in [4.69, 9.17) is 10.7 Å². The molecule has 0 aliphatic carbocycles. The van der Waals surface area contributed by atoms with E-state index in [0.717, 1.165) is 39.1 Å². The first kappa shape index (κ1) is 19.5. The molecular weight excluding hydrogens is 408 g/mol. The summed E-state index contributed by atoms with van der Waals surface area (Å²) < 4.78 is 6.32. The molecule has 0 radical (unpaired) electrons. The molecule has 0 saturated heterocycles. The van der Waals surface area contributed by atoms with Crippen molar-refractivity contribution < 1.29 is 5.11 Å². The number of nitrogens with zero attached hydrogens (tertiary/aromatic N) is 5. The largest absolute Gasteiger partial charge is 0.390 e. The molecule has 5 rings (SSSR count). The highest BCUT2D eigenvalue weighted by Crippen LogP contribution is 2.34. The first-order chi connectivity index (χ1) is 15.1. The number of hydrogen-bond acceptors (Lipinski definition) is 7. The molecule has 3 N–H and O–H groups in total. The maximum atomic E-state index is 9.49. The fraction of sp³-hybridized carbons (Fsp3) is 0.130. The van der Waals surface area contributed by atoms with Gasteiger partial charge < -0.3 is 10.8 Å². The van der Waals surface area contributed by atoms with Crippen molar-refractivity contribution in [2.75, 3.05) is 0 Å². The summed E-state index contributed by atoms with van der Waals surface area (Å²) >= 11 is 1.41. The van der Waals surface area contributed by atoms with Gasteiger partial charge in [-0.3, -0.25) is 4.98 Å². The second kappa shape index (κ2) is 7.99. The number of pyridine rings is 2. The van der Waals surface area contributed by atoms with Crippen molar-refractivity contribution in [2.24, 2.45) is 5.73 Å². The van der Waals surface area contributed by atoms with Crippen molar-refractivity contribution in [2.45, 2.75) is 19.6 Å². The molecule has 0 unspecified atom stereocenters. The van der Waals surface area contributed by atoms with E-state index < -0.39 is 0 Å². The predicted molar refractivity (Wildman–Crippen MR) is 122 cm³/mol. The molecule has 1 aromatic carbocycles. The van der Waals surface area contributed by atoms with Gasteiger partial charge >= 0.3 is 0 Å². The Morgan fingerprint density at radius 2 is 1.94 bits per heavy atom. The number of aliphatic hydroxyl groups excluding tert-OH is 1. The number of aliphatic hydroxyl groups is 1. The van der Waals surface area contributed by atoms with Gasteiger partial charge in [0.15, 0.2) is 5.82 Å². The normalized spacial score (nSPS) is 12.4. The van der Waals surface area contributed by atoms with Crippen LogP contribution in [0.15, 0.2) is 66.2 Å². The highest BCUT2D eigenvalue weighted by molar-refractivity contribution is 7.03. The number of hydrogen-bond donors (Lipinski definition) is 2. The Morgan fingerprint density at radius 3 is 2.71 bits per heavy atom. The maximum Gasteiger partial charge on any atom is 0.154 e. The van der Waals surface area contributed by atoms with Crippen molar-refractivity contribution in [3.8, 4) is 28.3 Å². The van der Waals surface area contributed by atoms with E-state index in [1.807, 2.05) is 54.9 Å². The van der Waals surface area contributed by atoms with Crippen LogP contribution < -0.4 is 5.73 Å². The van der Waals surface area contributed by atoms with Gasteiger partial charge in [-0.2, -0.15) is 9.47 Å². The van der Waals surface area contributed by atoms with E-state index in [-0.39, 0.29) is 12.6 Å². The lowest BCUT2D eigenvalue weighted by molar-refractivity contribution is 0.276. The molecule has 154 valence electrons. The van der Waals surface area contributed by atoms with Crippen LogP contribution in [-0.2, 0) is 6.61 Å². The van der Waals surface area contributed by atoms with E-state index in [1.165, 1.54) is 11.5 Å². The minimum absolute atomic E-state index is 0.129. The maximum absolute atomic E-state index is 9.49. The molecule has 0 amide bonds. The lowest BCUT2D eigenvalue weighted by Gasteiger charge is -2.11. The van der Waals surface area contributed by atoms with E-state index in [2.05, 4.69) is 26.6 Å². The zero-order valence-electron chi connectivity index (χ0n) is 16.8. The van der Waals surface area contributed by atoms with E-state index in [9.17, 15) is 5.11 Å². The summed E-state index contributed by atoms with van der Waals surface area (Å²) in [5, 5.41) is 17.0. The average Bonchev–Trinajstić information content (AvgIpc) is 3.49. The summed E-state index contributed by atoms with van der Waals surface area (Å²) in [5.74, 6) is 0.639. The first-order valence-corrected chi connectivity index (χ1v) is 10.7. The summed E-state index contributed by atoms with van der Waals surface area (Å²) in [7, 11) is 0. The van der Waals surface area contributed by atoms with E-state index in [0.29, 0.717) is 11.5 Å². The number of rotatable bonds is 5. The zero-order chi connectivity index (χ0) is 21.4. The Labute approximate surface area is 183 Å². The molecular formula is C23H20N6OS. The summed E-state index contributed by atoms with van der Waals surface area (Å²) in [4.78, 5) is 9.29. The van der Waals surface area contributed by atoms with Gasteiger partial charge in [0.05, 0.1) is 41.1 Å². The third kappa shape index (κ3) is 3.61. The summed E-state index contributed by atoms with van der Waals surface area (Å²) in [6, 6.07) is 17.4. The highest BCUT2D eigenvalue weighted by atomic mass is 32.1. The Hall–Kier alpha value is -3.46. The van der Waals surface area contributed by atoms with Crippen molar-refractivity contribution in [1.29, 1.82) is 0 Å². The Balaban J connectivity index is 1.76. The molecule has 0 bridgehead atoms. The third-order valence-corrected chi connectivity index (χ3v) is 5.67. The Bertz CT molecular complexity index is 1360. The van der Waals surface area contributed by atoms with Crippen LogP contribution in [0.2, 0.25) is 0 Å². The van der Waals surface area contributed by atoms with Gasteiger partial charge in [-0.15, -0.1) is 0 Å². The van der Waals surface area contributed by atoms with Crippen LogP contribution in [0.1, 0.15) is 24.4 Å². The summed E-state index contributed by atoms with van der Waals surface area (Å²) in [6.45, 7) is 1.79. The van der Waals surface area contributed by atoms with Crippen LogP contribution in [0, 0.1) is 0 Å². The van der Waals surface area contributed by atoms with Crippen LogP contribution in [0.3, 0.4) is 0 Å². The fourth-order valence-corrected chi connectivity index (χ4v) is 4.08. The van der Waals surface area contributed by atoms with Gasteiger partial charge in [-0.05, 0) is 60.9 Å². The Morgan fingerprint density at radius 1 is 1.06 bits per heavy atom. The molecule has 0 aliphatic heterocycles. The Kier molecular flexibility index (Phi) is 5.03. The molecule has 4 heterocycles. The molecule has 0 spiro atoms. The van der Waals surface area contributed by atoms with Crippen molar-refractivity contribution in [1.82, 2.24) is 24.1 Å². The lowest BCUT2D eigenvalue weighted by Crippen LogP contribution is -2.07. The fourth-order valence-electron chi connectivity index (χ4n) is 3.56. The van der Waals surface area contributed by atoms with Crippen LogP contribution in [0.5, 0.6) is 0 Å². The topological polar surface area (TPSA) is 103 Å². The quantitative estimate of drug-likeness (QED) is 0.437. The molecule has 7 nitrogen and oxygen atoms in total. The second-order valence-corrected chi connectivity index (χ2v) is 7.94. The minimum atomic E-state index is -0.155. The molecule has 0 fully saturated rings. The van der Waals surface area contributed by atoms with Crippen LogP contribution in [0.25, 0.3) is 39.2 Å². The second-order valence-electron chi connectivity index (χ2n) is 7.28. The van der Waals surface area contributed by atoms with Gasteiger partial charge in [0.1, 0.15) is 0 Å². The predicted octanol–water partition coefficient (Wildman–Crippen LogP) is 4.12. The number of benzene rings is 1. The van der Waals surface area contributed by atoms with Crippen molar-refractivity contribution >= 4 is 22.4 Å². The highest BCUT2D eigenvalue weighted by Gasteiger charge is 2.16. The standard InChI is InChI=1S/C23H20N6OS/c1-14(24)19-5-3-6-20(27-19)15-10-17(21-8-9-31-28-21)18-12-25-29(22(18)11-15)23-7-2-4-16(13-30)26-23/h2-12,14,30H,13,24H2,1H3/t14-/m0/s1.